The molecule has 4 heteroatoms. The molecule has 0 saturated carbocycles. The molecule has 2 aromatic rings. The Balaban J connectivity index is 2.23. The Hall–Kier alpha value is -2.07. The minimum Gasteiger partial charge on any atom is -0.480 e. The van der Waals surface area contributed by atoms with Crippen LogP contribution in [0.3, 0.4) is 0 Å². The number of nitrogens with one attached hydrogen (secondary N) is 1. The van der Waals surface area contributed by atoms with E-state index >= 15 is 0 Å². The predicted molar refractivity (Wildman–Crippen MR) is 92.0 cm³/mol. The van der Waals surface area contributed by atoms with E-state index in [1.807, 2.05) is 12.1 Å². The van der Waals surface area contributed by atoms with E-state index in [2.05, 4.69) is 67.4 Å². The topological polar surface area (TPSA) is 37.4 Å². The molecule has 1 N–H and O–H groups in total. The van der Waals surface area contributed by atoms with Gasteiger partial charge in [0.2, 0.25) is 5.88 Å². The lowest BCUT2D eigenvalue weighted by Crippen LogP contribution is -2.10. The Morgan fingerprint density at radius 2 is 1.95 bits per heavy atom. The lowest BCUT2D eigenvalue weighted by Gasteiger charge is -2.14. The van der Waals surface area contributed by atoms with Crippen LogP contribution in [0, 0.1) is 0 Å². The van der Waals surface area contributed by atoms with Gasteiger partial charge in [-0.25, -0.2) is 4.98 Å². The molecule has 0 spiro atoms. The van der Waals surface area contributed by atoms with Crippen LogP contribution in [0.25, 0.3) is 0 Å². The highest BCUT2D eigenvalue weighted by Crippen LogP contribution is 2.28. The van der Waals surface area contributed by atoms with Gasteiger partial charge in [0.15, 0.2) is 0 Å². The minimum absolute atomic E-state index is 0.381. The smallest absolute Gasteiger partial charge is 0.237 e. The zero-order valence-corrected chi connectivity index (χ0v) is 14.1. The number of benzene rings is 1. The molecule has 0 unspecified atom stereocenters. The van der Waals surface area contributed by atoms with Crippen LogP contribution < -0.4 is 10.1 Å². The molecule has 1 aromatic heterocycles. The van der Waals surface area contributed by atoms with Gasteiger partial charge in [0.25, 0.3) is 0 Å². The molecule has 0 atom stereocenters. The number of anilines is 2. The number of methoxy groups -OCH3 is 1. The highest BCUT2D eigenvalue weighted by atomic mass is 16.5. The van der Waals surface area contributed by atoms with Crippen molar-refractivity contribution in [1.29, 1.82) is 0 Å². The first-order chi connectivity index (χ1) is 10.5. The van der Waals surface area contributed by atoms with Gasteiger partial charge in [-0.2, -0.15) is 0 Å². The van der Waals surface area contributed by atoms with Crippen LogP contribution in [0.2, 0.25) is 0 Å². The van der Waals surface area contributed by atoms with Gasteiger partial charge in [-0.3, -0.25) is 0 Å². The fraction of sp³-hybridized carbons (Fsp3) is 0.389. The van der Waals surface area contributed by atoms with Crippen LogP contribution in [0.4, 0.5) is 11.4 Å². The van der Waals surface area contributed by atoms with Crippen molar-refractivity contribution in [2.45, 2.75) is 26.3 Å². The summed E-state index contributed by atoms with van der Waals surface area (Å²) in [5.74, 6) is 1.01. The van der Waals surface area contributed by atoms with Crippen molar-refractivity contribution in [1.82, 2.24) is 9.88 Å². The Morgan fingerprint density at radius 1 is 1.18 bits per heavy atom. The van der Waals surface area contributed by atoms with Crippen LogP contribution in [-0.4, -0.2) is 31.1 Å². The molecule has 0 bridgehead atoms. The lowest BCUT2D eigenvalue weighted by molar-refractivity contribution is 0.397. The van der Waals surface area contributed by atoms with E-state index in [4.69, 9.17) is 4.74 Å². The fourth-order valence-corrected chi connectivity index (χ4v) is 2.30. The third kappa shape index (κ3) is 4.21. The van der Waals surface area contributed by atoms with E-state index in [-0.39, 0.29) is 0 Å². The molecule has 0 aliphatic carbocycles. The first kappa shape index (κ1) is 16.3. The Bertz CT molecular complexity index is 623. The average Bonchev–Trinajstić information content (AvgIpc) is 2.47. The summed E-state index contributed by atoms with van der Waals surface area (Å²) in [5, 5.41) is 3.40. The SMILES string of the molecule is COc1nc(C(C)C)ccc1Nc1cccc(CN(C)C)c1. The van der Waals surface area contributed by atoms with Crippen LogP contribution in [0.5, 0.6) is 5.88 Å². The molecule has 2 rings (SSSR count). The van der Waals surface area contributed by atoms with Crippen molar-refractivity contribution in [2.24, 2.45) is 0 Å². The summed E-state index contributed by atoms with van der Waals surface area (Å²) in [6.07, 6.45) is 0. The maximum absolute atomic E-state index is 5.42. The van der Waals surface area contributed by atoms with Gasteiger partial charge in [0.1, 0.15) is 5.69 Å². The number of hydrogen-bond acceptors (Lipinski definition) is 4. The van der Waals surface area contributed by atoms with E-state index in [1.54, 1.807) is 7.11 Å². The molecule has 0 radical (unpaired) electrons. The van der Waals surface area contributed by atoms with Crippen molar-refractivity contribution >= 4 is 11.4 Å². The van der Waals surface area contributed by atoms with E-state index in [0.29, 0.717) is 11.8 Å². The molecule has 4 nitrogen and oxygen atoms in total. The zero-order chi connectivity index (χ0) is 16.1. The molecule has 0 aliphatic rings. The van der Waals surface area contributed by atoms with Crippen LogP contribution >= 0.6 is 0 Å². The summed E-state index contributed by atoms with van der Waals surface area (Å²) in [4.78, 5) is 6.72. The van der Waals surface area contributed by atoms with Gasteiger partial charge in [0, 0.05) is 17.9 Å². The Morgan fingerprint density at radius 3 is 2.59 bits per heavy atom. The molecule has 0 amide bonds. The predicted octanol–water partition coefficient (Wildman–Crippen LogP) is 4.02. The molecule has 0 aliphatic heterocycles. The molecule has 0 saturated heterocycles. The van der Waals surface area contributed by atoms with E-state index < -0.39 is 0 Å². The van der Waals surface area contributed by atoms with Crippen molar-refractivity contribution < 1.29 is 4.74 Å². The Labute approximate surface area is 133 Å². The number of hydrogen-bond donors (Lipinski definition) is 1. The molecule has 1 aromatic carbocycles. The average molecular weight is 299 g/mol. The number of ether oxygens (including phenoxy) is 1. The summed E-state index contributed by atoms with van der Waals surface area (Å²) in [6, 6.07) is 12.5. The summed E-state index contributed by atoms with van der Waals surface area (Å²) in [6.45, 7) is 5.16. The highest BCUT2D eigenvalue weighted by molar-refractivity contribution is 5.65. The van der Waals surface area contributed by atoms with Gasteiger partial charge in [-0.15, -0.1) is 0 Å². The van der Waals surface area contributed by atoms with Gasteiger partial charge < -0.3 is 15.0 Å². The summed E-state index contributed by atoms with van der Waals surface area (Å²) >= 11 is 0. The molecule has 0 fully saturated rings. The molecule has 118 valence electrons. The second kappa shape index (κ2) is 7.27. The van der Waals surface area contributed by atoms with Gasteiger partial charge in [-0.05, 0) is 49.8 Å². The Kier molecular flexibility index (Phi) is 5.39. The standard InChI is InChI=1S/C18H25N3O/c1-13(2)16-9-10-17(18(20-16)22-5)19-15-8-6-7-14(11-15)12-21(3)4/h6-11,13,19H,12H2,1-5H3. The normalized spacial score (nSPS) is 11.0. The summed E-state index contributed by atoms with van der Waals surface area (Å²) < 4.78 is 5.42. The van der Waals surface area contributed by atoms with Crippen LogP contribution in [-0.2, 0) is 6.54 Å². The number of aromatic nitrogens is 1. The highest BCUT2D eigenvalue weighted by Gasteiger charge is 2.09. The zero-order valence-electron chi connectivity index (χ0n) is 14.1. The largest absolute Gasteiger partial charge is 0.480 e. The lowest BCUT2D eigenvalue weighted by atomic mass is 10.1. The maximum Gasteiger partial charge on any atom is 0.237 e. The molecular weight excluding hydrogens is 274 g/mol. The van der Waals surface area contributed by atoms with Crippen molar-refractivity contribution in [3.63, 3.8) is 0 Å². The molecular formula is C18H25N3O. The second-order valence-electron chi connectivity index (χ2n) is 6.01. The first-order valence-corrected chi connectivity index (χ1v) is 7.55. The first-order valence-electron chi connectivity index (χ1n) is 7.55. The maximum atomic E-state index is 5.42. The summed E-state index contributed by atoms with van der Waals surface area (Å²) in [5.41, 5.74) is 4.22. The van der Waals surface area contributed by atoms with Crippen LogP contribution in [0.1, 0.15) is 31.0 Å². The summed E-state index contributed by atoms with van der Waals surface area (Å²) in [7, 11) is 5.79. The quantitative estimate of drug-likeness (QED) is 0.874. The van der Waals surface area contributed by atoms with E-state index in [0.717, 1.165) is 23.6 Å². The fourth-order valence-electron chi connectivity index (χ4n) is 2.30. The third-order valence-corrected chi connectivity index (χ3v) is 3.37. The number of pyridine rings is 1. The number of rotatable bonds is 6. The van der Waals surface area contributed by atoms with Crippen LogP contribution in [0.15, 0.2) is 36.4 Å². The minimum atomic E-state index is 0.381. The second-order valence-corrected chi connectivity index (χ2v) is 6.01. The van der Waals surface area contributed by atoms with Crippen molar-refractivity contribution in [3.05, 3.63) is 47.7 Å². The van der Waals surface area contributed by atoms with Gasteiger partial charge in [0.05, 0.1) is 7.11 Å². The van der Waals surface area contributed by atoms with Gasteiger partial charge in [-0.1, -0.05) is 26.0 Å². The molecule has 1 heterocycles. The van der Waals surface area contributed by atoms with Gasteiger partial charge >= 0.3 is 0 Å². The number of nitrogens with zero attached hydrogens (tertiary/aromatic N) is 2. The van der Waals surface area contributed by atoms with Crippen molar-refractivity contribution in [3.8, 4) is 5.88 Å². The molecule has 22 heavy (non-hydrogen) atoms. The van der Waals surface area contributed by atoms with E-state index in [1.165, 1.54) is 5.56 Å². The third-order valence-electron chi connectivity index (χ3n) is 3.37. The van der Waals surface area contributed by atoms with E-state index in [9.17, 15) is 0 Å². The van der Waals surface area contributed by atoms with Crippen molar-refractivity contribution in [2.75, 3.05) is 26.5 Å². The monoisotopic (exact) mass is 299 g/mol.